The van der Waals surface area contributed by atoms with Gasteiger partial charge in [-0.3, -0.25) is 0 Å². The SMILES string of the molecule is Cc1ccc(C(C)(C)CNC(=O)N2CCc3ccccc3C2)cc1. The molecule has 3 nitrogen and oxygen atoms in total. The number of nitrogens with one attached hydrogen (secondary N) is 1. The molecule has 0 fully saturated rings. The van der Waals surface area contributed by atoms with Crippen LogP contribution in [-0.4, -0.2) is 24.0 Å². The molecule has 1 aliphatic heterocycles. The van der Waals surface area contributed by atoms with Crippen LogP contribution in [0.4, 0.5) is 4.79 Å². The Kier molecular flexibility index (Phi) is 4.61. The summed E-state index contributed by atoms with van der Waals surface area (Å²) in [6, 6.07) is 17.0. The third-order valence-corrected chi connectivity index (χ3v) is 4.93. The quantitative estimate of drug-likeness (QED) is 0.909. The van der Waals surface area contributed by atoms with Gasteiger partial charge in [-0.2, -0.15) is 0 Å². The van der Waals surface area contributed by atoms with Crippen LogP contribution in [0.2, 0.25) is 0 Å². The summed E-state index contributed by atoms with van der Waals surface area (Å²) in [5.41, 5.74) is 5.04. The fourth-order valence-corrected chi connectivity index (χ4v) is 3.18. The van der Waals surface area contributed by atoms with Crippen LogP contribution in [0, 0.1) is 6.92 Å². The van der Waals surface area contributed by atoms with E-state index in [-0.39, 0.29) is 11.4 Å². The maximum atomic E-state index is 12.6. The van der Waals surface area contributed by atoms with Crippen molar-refractivity contribution in [3.05, 3.63) is 70.8 Å². The van der Waals surface area contributed by atoms with E-state index in [1.807, 2.05) is 11.0 Å². The van der Waals surface area contributed by atoms with Gasteiger partial charge in [0.2, 0.25) is 0 Å². The molecular formula is C21H26N2O. The number of urea groups is 1. The van der Waals surface area contributed by atoms with Crippen LogP contribution >= 0.6 is 0 Å². The number of carbonyl (C=O) groups excluding carboxylic acids is 1. The lowest BCUT2D eigenvalue weighted by Gasteiger charge is -2.31. The summed E-state index contributed by atoms with van der Waals surface area (Å²) in [5, 5.41) is 3.12. The molecule has 0 radical (unpaired) electrons. The smallest absolute Gasteiger partial charge is 0.317 e. The molecule has 0 atom stereocenters. The van der Waals surface area contributed by atoms with E-state index in [1.54, 1.807) is 0 Å². The van der Waals surface area contributed by atoms with Gasteiger partial charge in [0.1, 0.15) is 0 Å². The summed E-state index contributed by atoms with van der Waals surface area (Å²) in [4.78, 5) is 14.5. The Balaban J connectivity index is 1.60. The standard InChI is InChI=1S/C21H26N2O/c1-16-8-10-19(11-9-16)21(2,3)15-22-20(24)23-13-12-17-6-4-5-7-18(17)14-23/h4-11H,12-15H2,1-3H3,(H,22,24). The minimum Gasteiger partial charge on any atom is -0.337 e. The lowest BCUT2D eigenvalue weighted by Crippen LogP contribution is -2.46. The molecule has 126 valence electrons. The molecule has 0 aliphatic carbocycles. The van der Waals surface area contributed by atoms with Crippen molar-refractivity contribution in [1.29, 1.82) is 0 Å². The monoisotopic (exact) mass is 322 g/mol. The summed E-state index contributed by atoms with van der Waals surface area (Å²) < 4.78 is 0. The van der Waals surface area contributed by atoms with Crippen LogP contribution in [0.25, 0.3) is 0 Å². The average molecular weight is 322 g/mol. The van der Waals surface area contributed by atoms with Crippen molar-refractivity contribution in [2.45, 2.75) is 39.2 Å². The summed E-state index contributed by atoms with van der Waals surface area (Å²) in [6.07, 6.45) is 0.935. The Morgan fingerprint density at radius 2 is 1.75 bits per heavy atom. The summed E-state index contributed by atoms with van der Waals surface area (Å²) >= 11 is 0. The van der Waals surface area contributed by atoms with Gasteiger partial charge in [0.15, 0.2) is 0 Å². The minimum absolute atomic E-state index is 0.0321. The van der Waals surface area contributed by atoms with Gasteiger partial charge in [-0.1, -0.05) is 67.9 Å². The van der Waals surface area contributed by atoms with Crippen LogP contribution in [0.15, 0.2) is 48.5 Å². The number of carbonyl (C=O) groups is 1. The van der Waals surface area contributed by atoms with Gasteiger partial charge in [0, 0.05) is 25.0 Å². The Hall–Kier alpha value is -2.29. The number of fused-ring (bicyclic) bond motifs is 1. The highest BCUT2D eigenvalue weighted by Crippen LogP contribution is 2.23. The van der Waals surface area contributed by atoms with Gasteiger partial charge < -0.3 is 10.2 Å². The number of hydrogen-bond donors (Lipinski definition) is 1. The number of aryl methyl sites for hydroxylation is 1. The van der Waals surface area contributed by atoms with Gasteiger partial charge in [0.25, 0.3) is 0 Å². The van der Waals surface area contributed by atoms with Crippen LogP contribution in [0.1, 0.15) is 36.1 Å². The Bertz CT molecular complexity index is 719. The van der Waals surface area contributed by atoms with Crippen molar-refractivity contribution < 1.29 is 4.79 Å². The zero-order valence-corrected chi connectivity index (χ0v) is 14.8. The maximum Gasteiger partial charge on any atom is 0.317 e. The molecule has 0 saturated heterocycles. The van der Waals surface area contributed by atoms with Crippen molar-refractivity contribution in [1.82, 2.24) is 10.2 Å². The first-order valence-corrected chi connectivity index (χ1v) is 8.62. The van der Waals surface area contributed by atoms with E-state index >= 15 is 0 Å². The third kappa shape index (κ3) is 3.61. The fraction of sp³-hybridized carbons (Fsp3) is 0.381. The normalized spacial score (nSPS) is 14.2. The molecule has 1 N–H and O–H groups in total. The van der Waals surface area contributed by atoms with Crippen molar-refractivity contribution in [3.63, 3.8) is 0 Å². The van der Waals surface area contributed by atoms with E-state index in [1.165, 1.54) is 22.3 Å². The highest BCUT2D eigenvalue weighted by Gasteiger charge is 2.24. The molecule has 2 amide bonds. The second-order valence-corrected chi connectivity index (χ2v) is 7.35. The first kappa shape index (κ1) is 16.6. The number of benzene rings is 2. The zero-order chi connectivity index (χ0) is 17.2. The molecule has 0 spiro atoms. The van der Waals surface area contributed by atoms with Crippen molar-refractivity contribution >= 4 is 6.03 Å². The molecule has 0 aromatic heterocycles. The number of nitrogens with zero attached hydrogens (tertiary/aromatic N) is 1. The molecule has 1 aliphatic rings. The lowest BCUT2D eigenvalue weighted by atomic mass is 9.84. The second-order valence-electron chi connectivity index (χ2n) is 7.35. The molecule has 0 bridgehead atoms. The van der Waals surface area contributed by atoms with Crippen molar-refractivity contribution in [3.8, 4) is 0 Å². The summed E-state index contributed by atoms with van der Waals surface area (Å²) in [5.74, 6) is 0. The van der Waals surface area contributed by atoms with E-state index < -0.39 is 0 Å². The predicted octanol–water partition coefficient (Wildman–Crippen LogP) is 4.04. The molecule has 24 heavy (non-hydrogen) atoms. The van der Waals surface area contributed by atoms with E-state index in [4.69, 9.17) is 0 Å². The second kappa shape index (κ2) is 6.68. The zero-order valence-electron chi connectivity index (χ0n) is 14.8. The highest BCUT2D eigenvalue weighted by molar-refractivity contribution is 5.74. The molecule has 2 aromatic rings. The average Bonchev–Trinajstić information content (AvgIpc) is 2.59. The Labute approximate surface area is 144 Å². The van der Waals surface area contributed by atoms with Crippen LogP contribution in [0.5, 0.6) is 0 Å². The molecule has 0 saturated carbocycles. The van der Waals surface area contributed by atoms with Crippen LogP contribution < -0.4 is 5.32 Å². The maximum absolute atomic E-state index is 12.6. The third-order valence-electron chi connectivity index (χ3n) is 4.93. The Morgan fingerprint density at radius 3 is 2.46 bits per heavy atom. The minimum atomic E-state index is -0.0863. The first-order chi connectivity index (χ1) is 11.5. The summed E-state index contributed by atoms with van der Waals surface area (Å²) in [7, 11) is 0. The molecule has 0 unspecified atom stereocenters. The fourth-order valence-electron chi connectivity index (χ4n) is 3.18. The van der Waals surface area contributed by atoms with Gasteiger partial charge >= 0.3 is 6.03 Å². The van der Waals surface area contributed by atoms with Gasteiger partial charge in [-0.25, -0.2) is 4.79 Å². The molecule has 2 aromatic carbocycles. The van der Waals surface area contributed by atoms with E-state index in [2.05, 4.69) is 68.6 Å². The van der Waals surface area contributed by atoms with Gasteiger partial charge in [-0.05, 0) is 30.0 Å². The van der Waals surface area contributed by atoms with Gasteiger partial charge in [-0.15, -0.1) is 0 Å². The predicted molar refractivity (Wildman–Crippen MR) is 98.2 cm³/mol. The van der Waals surface area contributed by atoms with Crippen LogP contribution in [0.3, 0.4) is 0 Å². The number of hydrogen-bond acceptors (Lipinski definition) is 1. The van der Waals surface area contributed by atoms with Gasteiger partial charge in [0.05, 0.1) is 0 Å². The number of rotatable bonds is 3. The van der Waals surface area contributed by atoms with E-state index in [0.29, 0.717) is 13.1 Å². The highest BCUT2D eigenvalue weighted by atomic mass is 16.2. The molecule has 3 rings (SSSR count). The van der Waals surface area contributed by atoms with Crippen LogP contribution in [-0.2, 0) is 18.4 Å². The molecule has 1 heterocycles. The van der Waals surface area contributed by atoms with E-state index in [9.17, 15) is 4.79 Å². The first-order valence-electron chi connectivity index (χ1n) is 8.62. The van der Waals surface area contributed by atoms with Crippen molar-refractivity contribution in [2.75, 3.05) is 13.1 Å². The number of amides is 2. The van der Waals surface area contributed by atoms with Crippen molar-refractivity contribution in [2.24, 2.45) is 0 Å². The molecule has 3 heteroatoms. The largest absolute Gasteiger partial charge is 0.337 e. The Morgan fingerprint density at radius 1 is 1.08 bits per heavy atom. The topological polar surface area (TPSA) is 32.3 Å². The lowest BCUT2D eigenvalue weighted by molar-refractivity contribution is 0.190. The summed E-state index contributed by atoms with van der Waals surface area (Å²) in [6.45, 7) is 8.55. The van der Waals surface area contributed by atoms with E-state index in [0.717, 1.165) is 13.0 Å². The molecular weight excluding hydrogens is 296 g/mol.